The highest BCUT2D eigenvalue weighted by atomic mass is 79.9. The van der Waals surface area contributed by atoms with Gasteiger partial charge in [0.15, 0.2) is 6.61 Å². The third-order valence-corrected chi connectivity index (χ3v) is 3.53. The molecule has 0 amide bonds. The number of halogens is 1. The summed E-state index contributed by atoms with van der Waals surface area (Å²) >= 11 is 3.47. The molecular weight excluding hydrogens is 322 g/mol. The minimum absolute atomic E-state index is 0.0722. The van der Waals surface area contributed by atoms with Crippen LogP contribution in [-0.2, 0) is 16.1 Å². The van der Waals surface area contributed by atoms with Gasteiger partial charge < -0.3 is 14.8 Å². The Morgan fingerprint density at radius 3 is 2.85 bits per heavy atom. The molecule has 1 aliphatic carbocycles. The standard InChI is InChI=1S/C15H20BrNO3/c1-10(2)20-14(18)9-19-15-11(4-3-5-13(15)16)8-17-12-6-7-12/h3-5,10,12,17H,6-9H2,1-2H3. The summed E-state index contributed by atoms with van der Waals surface area (Å²) in [6, 6.07) is 6.51. The van der Waals surface area contributed by atoms with Gasteiger partial charge in [0.1, 0.15) is 5.75 Å². The minimum Gasteiger partial charge on any atom is -0.480 e. The smallest absolute Gasteiger partial charge is 0.344 e. The zero-order valence-corrected chi connectivity index (χ0v) is 13.4. The first-order valence-corrected chi connectivity index (χ1v) is 7.68. The van der Waals surface area contributed by atoms with Crippen molar-refractivity contribution in [1.82, 2.24) is 5.32 Å². The fourth-order valence-corrected chi connectivity index (χ4v) is 2.35. The van der Waals surface area contributed by atoms with Crippen LogP contribution in [0.15, 0.2) is 22.7 Å². The summed E-state index contributed by atoms with van der Waals surface area (Å²) in [6.07, 6.45) is 2.36. The van der Waals surface area contributed by atoms with E-state index in [0.717, 1.165) is 16.6 Å². The Morgan fingerprint density at radius 2 is 2.20 bits per heavy atom. The van der Waals surface area contributed by atoms with E-state index in [1.54, 1.807) is 0 Å². The maximum absolute atomic E-state index is 11.5. The van der Waals surface area contributed by atoms with Crippen LogP contribution in [0.5, 0.6) is 5.75 Å². The Balaban J connectivity index is 1.95. The van der Waals surface area contributed by atoms with E-state index in [1.807, 2.05) is 32.0 Å². The summed E-state index contributed by atoms with van der Waals surface area (Å²) in [5.41, 5.74) is 1.05. The minimum atomic E-state index is -0.350. The first-order valence-electron chi connectivity index (χ1n) is 6.89. The lowest BCUT2D eigenvalue weighted by atomic mass is 10.2. The number of hydrogen-bond donors (Lipinski definition) is 1. The van der Waals surface area contributed by atoms with Gasteiger partial charge in [-0.2, -0.15) is 0 Å². The molecule has 2 rings (SSSR count). The van der Waals surface area contributed by atoms with E-state index in [0.29, 0.717) is 11.8 Å². The molecule has 0 atom stereocenters. The van der Waals surface area contributed by atoms with Crippen molar-refractivity contribution in [3.05, 3.63) is 28.2 Å². The zero-order valence-electron chi connectivity index (χ0n) is 11.8. The van der Waals surface area contributed by atoms with Crippen LogP contribution in [0.2, 0.25) is 0 Å². The number of ether oxygens (including phenoxy) is 2. The van der Waals surface area contributed by atoms with Crippen molar-refractivity contribution in [1.29, 1.82) is 0 Å². The number of esters is 1. The normalized spacial score (nSPS) is 14.4. The Bertz CT molecular complexity index is 472. The molecule has 1 fully saturated rings. The Labute approximate surface area is 128 Å². The van der Waals surface area contributed by atoms with Crippen LogP contribution in [0.3, 0.4) is 0 Å². The number of para-hydroxylation sites is 1. The summed E-state index contributed by atoms with van der Waals surface area (Å²) in [5, 5.41) is 3.44. The molecule has 1 N–H and O–H groups in total. The second kappa shape index (κ2) is 7.09. The zero-order chi connectivity index (χ0) is 14.5. The molecular formula is C15H20BrNO3. The lowest BCUT2D eigenvalue weighted by molar-refractivity contribution is -0.149. The first-order chi connectivity index (χ1) is 9.56. The highest BCUT2D eigenvalue weighted by Gasteiger charge is 2.21. The predicted octanol–water partition coefficient (Wildman–Crippen LogP) is 3.03. The molecule has 0 spiro atoms. The summed E-state index contributed by atoms with van der Waals surface area (Å²) in [5.74, 6) is 0.359. The number of rotatable bonds is 7. The van der Waals surface area contributed by atoms with Gasteiger partial charge in [-0.05, 0) is 48.7 Å². The SMILES string of the molecule is CC(C)OC(=O)COc1c(Br)cccc1CNC1CC1. The van der Waals surface area contributed by atoms with Crippen molar-refractivity contribution in [2.45, 2.75) is 45.4 Å². The first kappa shape index (κ1) is 15.3. The van der Waals surface area contributed by atoms with E-state index >= 15 is 0 Å². The van der Waals surface area contributed by atoms with E-state index < -0.39 is 0 Å². The second-order valence-electron chi connectivity index (χ2n) is 5.21. The largest absolute Gasteiger partial charge is 0.480 e. The maximum Gasteiger partial charge on any atom is 0.344 e. The van der Waals surface area contributed by atoms with Gasteiger partial charge in [-0.15, -0.1) is 0 Å². The molecule has 1 aromatic carbocycles. The van der Waals surface area contributed by atoms with Crippen LogP contribution in [0.4, 0.5) is 0 Å². The summed E-state index contributed by atoms with van der Waals surface area (Å²) in [6.45, 7) is 4.32. The van der Waals surface area contributed by atoms with Crippen LogP contribution in [0.25, 0.3) is 0 Å². The fourth-order valence-electron chi connectivity index (χ4n) is 1.82. The molecule has 5 heteroatoms. The molecule has 0 saturated heterocycles. The lowest BCUT2D eigenvalue weighted by Crippen LogP contribution is -2.20. The molecule has 0 heterocycles. The molecule has 0 radical (unpaired) electrons. The van der Waals surface area contributed by atoms with E-state index in [-0.39, 0.29) is 18.7 Å². The summed E-state index contributed by atoms with van der Waals surface area (Å²) in [4.78, 5) is 11.5. The Kier molecular flexibility index (Phi) is 5.43. The van der Waals surface area contributed by atoms with Gasteiger partial charge in [-0.1, -0.05) is 12.1 Å². The predicted molar refractivity (Wildman–Crippen MR) is 80.7 cm³/mol. The number of carbonyl (C=O) groups excluding carboxylic acids is 1. The van der Waals surface area contributed by atoms with Gasteiger partial charge in [0, 0.05) is 18.2 Å². The van der Waals surface area contributed by atoms with E-state index in [1.165, 1.54) is 12.8 Å². The summed E-state index contributed by atoms with van der Waals surface area (Å²) < 4.78 is 11.5. The van der Waals surface area contributed by atoms with Crippen LogP contribution >= 0.6 is 15.9 Å². The van der Waals surface area contributed by atoms with Gasteiger partial charge >= 0.3 is 5.97 Å². The van der Waals surface area contributed by atoms with Gasteiger partial charge in [0.25, 0.3) is 0 Å². The van der Waals surface area contributed by atoms with Gasteiger partial charge in [-0.3, -0.25) is 0 Å². The van der Waals surface area contributed by atoms with Crippen molar-refractivity contribution in [2.75, 3.05) is 6.61 Å². The third kappa shape index (κ3) is 4.80. The molecule has 1 saturated carbocycles. The monoisotopic (exact) mass is 341 g/mol. The third-order valence-electron chi connectivity index (χ3n) is 2.91. The van der Waals surface area contributed by atoms with Crippen LogP contribution in [0.1, 0.15) is 32.3 Å². The number of carbonyl (C=O) groups is 1. The van der Waals surface area contributed by atoms with Crippen LogP contribution < -0.4 is 10.1 Å². The van der Waals surface area contributed by atoms with Crippen LogP contribution in [0, 0.1) is 0 Å². The van der Waals surface area contributed by atoms with Gasteiger partial charge in [-0.25, -0.2) is 4.79 Å². The molecule has 0 unspecified atom stereocenters. The molecule has 20 heavy (non-hydrogen) atoms. The lowest BCUT2D eigenvalue weighted by Gasteiger charge is -2.14. The van der Waals surface area contributed by atoms with Crippen molar-refractivity contribution < 1.29 is 14.3 Å². The average molecular weight is 342 g/mol. The number of nitrogens with one attached hydrogen (secondary N) is 1. The Morgan fingerprint density at radius 1 is 1.45 bits per heavy atom. The molecule has 110 valence electrons. The molecule has 0 aliphatic heterocycles. The summed E-state index contributed by atoms with van der Waals surface area (Å²) in [7, 11) is 0. The number of hydrogen-bond acceptors (Lipinski definition) is 4. The highest BCUT2D eigenvalue weighted by molar-refractivity contribution is 9.10. The molecule has 0 aromatic heterocycles. The molecule has 1 aromatic rings. The van der Waals surface area contributed by atoms with Gasteiger partial charge in [0.05, 0.1) is 10.6 Å². The molecule has 4 nitrogen and oxygen atoms in total. The van der Waals surface area contributed by atoms with Gasteiger partial charge in [0.2, 0.25) is 0 Å². The fraction of sp³-hybridized carbons (Fsp3) is 0.533. The van der Waals surface area contributed by atoms with E-state index in [4.69, 9.17) is 9.47 Å². The topological polar surface area (TPSA) is 47.6 Å². The van der Waals surface area contributed by atoms with Crippen molar-refractivity contribution in [3.63, 3.8) is 0 Å². The second-order valence-corrected chi connectivity index (χ2v) is 6.06. The number of benzene rings is 1. The quantitative estimate of drug-likeness (QED) is 0.774. The van der Waals surface area contributed by atoms with Crippen molar-refractivity contribution in [2.24, 2.45) is 0 Å². The van der Waals surface area contributed by atoms with E-state index in [9.17, 15) is 4.79 Å². The average Bonchev–Trinajstić information content (AvgIpc) is 3.18. The van der Waals surface area contributed by atoms with Crippen LogP contribution in [-0.4, -0.2) is 24.7 Å². The van der Waals surface area contributed by atoms with Crippen molar-refractivity contribution >= 4 is 21.9 Å². The highest BCUT2D eigenvalue weighted by Crippen LogP contribution is 2.30. The van der Waals surface area contributed by atoms with Crippen molar-refractivity contribution in [3.8, 4) is 5.75 Å². The maximum atomic E-state index is 11.5. The molecule has 1 aliphatic rings. The molecule has 0 bridgehead atoms. The Hall–Kier alpha value is -1.07. The van der Waals surface area contributed by atoms with E-state index in [2.05, 4.69) is 21.2 Å².